The molecular weight excluding hydrogens is 234 g/mol. The van der Waals surface area contributed by atoms with E-state index in [-0.39, 0.29) is 0 Å². The zero-order valence-electron chi connectivity index (χ0n) is 10.4. The number of nitrogens with zero attached hydrogens (tertiary/aromatic N) is 3. The van der Waals surface area contributed by atoms with E-state index in [2.05, 4.69) is 22.0 Å². The second-order valence-electron chi connectivity index (χ2n) is 4.73. The van der Waals surface area contributed by atoms with Gasteiger partial charge in [0, 0.05) is 12.6 Å². The van der Waals surface area contributed by atoms with E-state index in [4.69, 9.17) is 11.6 Å². The molecule has 2 rings (SSSR count). The Balaban J connectivity index is 2.01. The number of hydrogen-bond acceptors (Lipinski definition) is 3. The number of hydrogen-bond donors (Lipinski definition) is 0. The minimum atomic E-state index is 0.469. The predicted molar refractivity (Wildman–Crippen MR) is 70.0 cm³/mol. The fraction of sp³-hybridized carbons (Fsp3) is 0.692. The van der Waals surface area contributed by atoms with Gasteiger partial charge in [0.1, 0.15) is 0 Å². The average molecular weight is 254 g/mol. The quantitative estimate of drug-likeness (QED) is 0.828. The van der Waals surface area contributed by atoms with Gasteiger partial charge in [-0.15, -0.1) is 5.10 Å². The van der Waals surface area contributed by atoms with E-state index in [0.717, 1.165) is 12.2 Å². The summed E-state index contributed by atoms with van der Waals surface area (Å²) in [5.41, 5.74) is 1.02. The van der Waals surface area contributed by atoms with Crippen LogP contribution in [0.15, 0.2) is 12.1 Å². The van der Waals surface area contributed by atoms with Crippen LogP contribution in [0, 0.1) is 0 Å². The van der Waals surface area contributed by atoms with Crippen LogP contribution in [0.3, 0.4) is 0 Å². The molecule has 0 amide bonds. The molecule has 0 radical (unpaired) electrons. The van der Waals surface area contributed by atoms with Crippen LogP contribution < -0.4 is 0 Å². The van der Waals surface area contributed by atoms with Crippen LogP contribution in [-0.2, 0) is 6.54 Å². The molecule has 4 heteroatoms. The van der Waals surface area contributed by atoms with Crippen molar-refractivity contribution in [1.82, 2.24) is 15.1 Å². The third kappa shape index (κ3) is 3.65. The molecule has 17 heavy (non-hydrogen) atoms. The fourth-order valence-corrected chi connectivity index (χ4v) is 2.64. The Morgan fingerprint density at radius 1 is 1.29 bits per heavy atom. The minimum Gasteiger partial charge on any atom is -0.295 e. The van der Waals surface area contributed by atoms with Crippen molar-refractivity contribution in [2.24, 2.45) is 0 Å². The summed E-state index contributed by atoms with van der Waals surface area (Å²) in [5, 5.41) is 8.52. The molecule has 1 saturated heterocycles. The van der Waals surface area contributed by atoms with Crippen molar-refractivity contribution in [3.05, 3.63) is 23.0 Å². The summed E-state index contributed by atoms with van der Waals surface area (Å²) in [6.45, 7) is 4.36. The molecule has 2 heterocycles. The molecular formula is C13H20ClN3. The molecule has 1 aliphatic heterocycles. The Bertz CT molecular complexity index is 339. The van der Waals surface area contributed by atoms with Crippen molar-refractivity contribution >= 4 is 11.6 Å². The maximum Gasteiger partial charge on any atom is 0.151 e. The molecule has 1 aromatic rings. The zero-order chi connectivity index (χ0) is 12.1. The monoisotopic (exact) mass is 253 g/mol. The van der Waals surface area contributed by atoms with Gasteiger partial charge in [-0.05, 0) is 37.9 Å². The second kappa shape index (κ2) is 6.31. The first-order valence-corrected chi connectivity index (χ1v) is 6.89. The van der Waals surface area contributed by atoms with E-state index < -0.39 is 0 Å². The lowest BCUT2D eigenvalue weighted by molar-refractivity contribution is 0.183. The third-order valence-corrected chi connectivity index (χ3v) is 3.72. The van der Waals surface area contributed by atoms with Crippen molar-refractivity contribution < 1.29 is 0 Å². The van der Waals surface area contributed by atoms with Gasteiger partial charge in [-0.25, -0.2) is 0 Å². The fourth-order valence-electron chi connectivity index (χ4n) is 2.54. The van der Waals surface area contributed by atoms with Gasteiger partial charge in [0.15, 0.2) is 5.15 Å². The molecule has 1 aromatic heterocycles. The van der Waals surface area contributed by atoms with Crippen molar-refractivity contribution in [3.63, 3.8) is 0 Å². The van der Waals surface area contributed by atoms with E-state index in [1.54, 1.807) is 0 Å². The van der Waals surface area contributed by atoms with Crippen molar-refractivity contribution in [1.29, 1.82) is 0 Å². The highest BCUT2D eigenvalue weighted by Crippen LogP contribution is 2.20. The number of rotatable bonds is 3. The van der Waals surface area contributed by atoms with Gasteiger partial charge in [-0.1, -0.05) is 31.4 Å². The predicted octanol–water partition coefficient (Wildman–Crippen LogP) is 3.28. The summed E-state index contributed by atoms with van der Waals surface area (Å²) >= 11 is 5.75. The standard InChI is InChI=1S/C13H20ClN3/c1-2-12-6-4-3-5-9-17(12)10-11-7-8-13(14)16-15-11/h7-8,12H,2-6,9-10H2,1H3. The van der Waals surface area contributed by atoms with Crippen molar-refractivity contribution in [3.8, 4) is 0 Å². The van der Waals surface area contributed by atoms with Gasteiger partial charge in [-0.3, -0.25) is 4.90 Å². The van der Waals surface area contributed by atoms with Crippen LogP contribution in [0.5, 0.6) is 0 Å². The Kier molecular flexibility index (Phi) is 4.75. The lowest BCUT2D eigenvalue weighted by Crippen LogP contribution is -2.34. The molecule has 0 N–H and O–H groups in total. The summed E-state index contributed by atoms with van der Waals surface area (Å²) in [4.78, 5) is 2.55. The molecule has 0 aromatic carbocycles. The second-order valence-corrected chi connectivity index (χ2v) is 5.12. The normalized spacial score (nSPS) is 22.4. The molecule has 0 aliphatic carbocycles. The first kappa shape index (κ1) is 12.8. The van der Waals surface area contributed by atoms with Crippen molar-refractivity contribution in [2.75, 3.05) is 6.54 Å². The van der Waals surface area contributed by atoms with E-state index >= 15 is 0 Å². The Morgan fingerprint density at radius 2 is 2.18 bits per heavy atom. The molecule has 0 bridgehead atoms. The smallest absolute Gasteiger partial charge is 0.151 e. The highest BCUT2D eigenvalue weighted by molar-refractivity contribution is 6.29. The first-order valence-electron chi connectivity index (χ1n) is 6.51. The summed E-state index contributed by atoms with van der Waals surface area (Å²) < 4.78 is 0. The average Bonchev–Trinajstić information content (AvgIpc) is 2.57. The van der Waals surface area contributed by atoms with Crippen LogP contribution in [0.25, 0.3) is 0 Å². The Morgan fingerprint density at radius 3 is 2.88 bits per heavy atom. The van der Waals surface area contributed by atoms with Gasteiger partial charge in [-0.2, -0.15) is 5.10 Å². The van der Waals surface area contributed by atoms with Crippen LogP contribution in [0.1, 0.15) is 44.7 Å². The van der Waals surface area contributed by atoms with E-state index in [9.17, 15) is 0 Å². The molecule has 0 saturated carbocycles. The SMILES string of the molecule is CCC1CCCCCN1Cc1ccc(Cl)nn1. The van der Waals surface area contributed by atoms with Crippen LogP contribution in [0.2, 0.25) is 5.15 Å². The van der Waals surface area contributed by atoms with Crippen LogP contribution in [0.4, 0.5) is 0 Å². The lowest BCUT2D eigenvalue weighted by Gasteiger charge is -2.28. The Hall–Kier alpha value is -0.670. The largest absolute Gasteiger partial charge is 0.295 e. The van der Waals surface area contributed by atoms with Gasteiger partial charge < -0.3 is 0 Å². The van der Waals surface area contributed by atoms with Gasteiger partial charge in [0.25, 0.3) is 0 Å². The number of halogens is 1. The molecule has 1 aliphatic rings. The maximum atomic E-state index is 5.75. The molecule has 0 spiro atoms. The minimum absolute atomic E-state index is 0.469. The van der Waals surface area contributed by atoms with E-state index in [1.807, 2.05) is 12.1 Å². The highest BCUT2D eigenvalue weighted by atomic mass is 35.5. The zero-order valence-corrected chi connectivity index (χ0v) is 11.2. The van der Waals surface area contributed by atoms with Crippen molar-refractivity contribution in [2.45, 2.75) is 51.6 Å². The first-order chi connectivity index (χ1) is 8.29. The molecule has 1 atom stereocenters. The van der Waals surface area contributed by atoms with E-state index in [1.165, 1.54) is 38.6 Å². The van der Waals surface area contributed by atoms with Gasteiger partial charge in [0.2, 0.25) is 0 Å². The topological polar surface area (TPSA) is 29.0 Å². The van der Waals surface area contributed by atoms with Crippen LogP contribution in [-0.4, -0.2) is 27.7 Å². The third-order valence-electron chi connectivity index (χ3n) is 3.52. The highest BCUT2D eigenvalue weighted by Gasteiger charge is 2.19. The number of aromatic nitrogens is 2. The molecule has 1 unspecified atom stereocenters. The van der Waals surface area contributed by atoms with Gasteiger partial charge >= 0.3 is 0 Å². The summed E-state index contributed by atoms with van der Waals surface area (Å²) in [6.07, 6.45) is 6.57. The molecule has 94 valence electrons. The molecule has 1 fully saturated rings. The van der Waals surface area contributed by atoms with Crippen LogP contribution >= 0.6 is 11.6 Å². The summed E-state index contributed by atoms with van der Waals surface area (Å²) in [7, 11) is 0. The van der Waals surface area contributed by atoms with Gasteiger partial charge in [0.05, 0.1) is 5.69 Å². The molecule has 3 nitrogen and oxygen atoms in total. The maximum absolute atomic E-state index is 5.75. The Labute approximate surface area is 108 Å². The lowest BCUT2D eigenvalue weighted by atomic mass is 10.1. The summed E-state index contributed by atoms with van der Waals surface area (Å²) in [6, 6.07) is 4.50. The van der Waals surface area contributed by atoms with E-state index in [0.29, 0.717) is 11.2 Å². The number of likely N-dealkylation sites (tertiary alicyclic amines) is 1. The summed E-state index contributed by atoms with van der Waals surface area (Å²) in [5.74, 6) is 0.